The van der Waals surface area contributed by atoms with Crippen molar-refractivity contribution in [2.24, 2.45) is 0 Å². The highest BCUT2D eigenvalue weighted by Gasteiger charge is 2.26. The van der Waals surface area contributed by atoms with Gasteiger partial charge in [0.2, 0.25) is 5.88 Å². The SMILES string of the molecule is C[C@@H](CN1CCC(NC(=O)Oc2cc3c(OCc4coc5cc(Cl)ccc45)cccc3[nH]2)CC1)N1CCC(O)CC1. The van der Waals surface area contributed by atoms with Crippen LogP contribution in [0.3, 0.4) is 0 Å². The molecule has 3 N–H and O–H groups in total. The van der Waals surface area contributed by atoms with Gasteiger partial charge in [-0.3, -0.25) is 4.90 Å². The number of aliphatic hydroxyl groups excluding tert-OH is 1. The fourth-order valence-electron chi connectivity index (χ4n) is 5.98. The van der Waals surface area contributed by atoms with Crippen molar-refractivity contribution in [3.8, 4) is 11.6 Å². The molecule has 9 nitrogen and oxygen atoms in total. The number of carbonyl (C=O) groups is 1. The molecular formula is C31H37ClN4O5. The van der Waals surface area contributed by atoms with Crippen molar-refractivity contribution < 1.29 is 23.8 Å². The van der Waals surface area contributed by atoms with E-state index in [4.69, 9.17) is 25.5 Å². The number of aromatic amines is 1. The second-order valence-corrected chi connectivity index (χ2v) is 11.7. The third kappa shape index (κ3) is 6.64. The topological polar surface area (TPSA) is 103 Å². The molecule has 2 aliphatic heterocycles. The second kappa shape index (κ2) is 12.3. The Labute approximate surface area is 244 Å². The summed E-state index contributed by atoms with van der Waals surface area (Å²) in [6.07, 6.45) is 4.59. The molecule has 0 spiro atoms. The number of benzene rings is 2. The number of carbonyl (C=O) groups excluding carboxylic acids is 1. The molecule has 0 saturated carbocycles. The number of hydrogen-bond donors (Lipinski definition) is 3. The summed E-state index contributed by atoms with van der Waals surface area (Å²) in [5.74, 6) is 1.05. The van der Waals surface area contributed by atoms with Crippen LogP contribution in [-0.2, 0) is 6.61 Å². The summed E-state index contributed by atoms with van der Waals surface area (Å²) < 4.78 is 17.4. The average molecular weight is 581 g/mol. The number of H-pyrrole nitrogens is 1. The van der Waals surface area contributed by atoms with E-state index in [1.807, 2.05) is 30.3 Å². The number of fused-ring (bicyclic) bond motifs is 2. The number of halogens is 1. The summed E-state index contributed by atoms with van der Waals surface area (Å²) in [4.78, 5) is 20.8. The van der Waals surface area contributed by atoms with Crippen LogP contribution in [0.15, 0.2) is 53.1 Å². The van der Waals surface area contributed by atoms with Gasteiger partial charge in [-0.1, -0.05) is 17.7 Å². The second-order valence-electron chi connectivity index (χ2n) is 11.3. The molecule has 41 heavy (non-hydrogen) atoms. The number of aromatic nitrogens is 1. The molecule has 4 aromatic rings. The maximum absolute atomic E-state index is 12.7. The molecule has 6 rings (SSSR count). The van der Waals surface area contributed by atoms with E-state index in [1.54, 1.807) is 18.4 Å². The molecule has 2 fully saturated rings. The maximum Gasteiger partial charge on any atom is 0.414 e. The molecule has 2 saturated heterocycles. The fraction of sp³-hybridized carbons (Fsp3) is 0.452. The summed E-state index contributed by atoms with van der Waals surface area (Å²) in [6, 6.07) is 13.6. The molecule has 1 atom stereocenters. The Morgan fingerprint density at radius 2 is 1.93 bits per heavy atom. The lowest BCUT2D eigenvalue weighted by atomic mass is 10.0. The van der Waals surface area contributed by atoms with Gasteiger partial charge in [-0.25, -0.2) is 4.79 Å². The van der Waals surface area contributed by atoms with Crippen LogP contribution in [0.25, 0.3) is 21.9 Å². The number of ether oxygens (including phenoxy) is 2. The molecule has 10 heteroatoms. The average Bonchev–Trinajstić information content (AvgIpc) is 3.56. The summed E-state index contributed by atoms with van der Waals surface area (Å²) in [6.45, 7) is 7.42. The van der Waals surface area contributed by atoms with E-state index >= 15 is 0 Å². The molecule has 0 radical (unpaired) electrons. The zero-order valence-electron chi connectivity index (χ0n) is 23.3. The molecule has 0 aliphatic carbocycles. The van der Waals surface area contributed by atoms with Crippen molar-refractivity contribution >= 4 is 39.6 Å². The molecule has 2 aromatic carbocycles. The normalized spacial score (nSPS) is 18.6. The van der Waals surface area contributed by atoms with Gasteiger partial charge in [0.05, 0.1) is 17.9 Å². The Kier molecular flexibility index (Phi) is 8.39. The number of amides is 1. The minimum Gasteiger partial charge on any atom is -0.488 e. The van der Waals surface area contributed by atoms with Gasteiger partial charge in [0.1, 0.15) is 17.9 Å². The van der Waals surface area contributed by atoms with Crippen molar-refractivity contribution in [2.45, 2.75) is 57.4 Å². The summed E-state index contributed by atoms with van der Waals surface area (Å²) in [5, 5.41) is 15.2. The number of nitrogens with one attached hydrogen (secondary N) is 2. The molecule has 2 aliphatic rings. The highest BCUT2D eigenvalue weighted by molar-refractivity contribution is 6.31. The van der Waals surface area contributed by atoms with Crippen molar-refractivity contribution in [1.82, 2.24) is 20.1 Å². The number of likely N-dealkylation sites (tertiary alicyclic amines) is 2. The quantitative estimate of drug-likeness (QED) is 0.251. The van der Waals surface area contributed by atoms with Crippen molar-refractivity contribution in [3.63, 3.8) is 0 Å². The van der Waals surface area contributed by atoms with Crippen LogP contribution in [0.5, 0.6) is 11.6 Å². The largest absolute Gasteiger partial charge is 0.488 e. The highest BCUT2D eigenvalue weighted by Crippen LogP contribution is 2.31. The molecule has 4 heterocycles. The predicted octanol–water partition coefficient (Wildman–Crippen LogP) is 5.54. The number of aliphatic hydroxyl groups is 1. The Balaban J connectivity index is 0.994. The Bertz CT molecular complexity index is 1490. The van der Waals surface area contributed by atoms with Crippen LogP contribution in [-0.4, -0.2) is 76.9 Å². The molecule has 218 valence electrons. The minimum absolute atomic E-state index is 0.0853. The summed E-state index contributed by atoms with van der Waals surface area (Å²) in [5.41, 5.74) is 2.46. The van der Waals surface area contributed by atoms with Crippen LogP contribution in [0.4, 0.5) is 4.79 Å². The first-order valence-corrected chi connectivity index (χ1v) is 14.8. The van der Waals surface area contributed by atoms with Gasteiger partial charge in [0, 0.05) is 72.2 Å². The predicted molar refractivity (Wildman–Crippen MR) is 159 cm³/mol. The van der Waals surface area contributed by atoms with Crippen LogP contribution in [0, 0.1) is 0 Å². The van der Waals surface area contributed by atoms with Crippen LogP contribution in [0.2, 0.25) is 5.02 Å². The first kappa shape index (κ1) is 27.9. The maximum atomic E-state index is 12.7. The number of furan rings is 1. The van der Waals surface area contributed by atoms with Gasteiger partial charge in [-0.05, 0) is 62.9 Å². The van der Waals surface area contributed by atoms with Crippen LogP contribution in [0.1, 0.15) is 38.2 Å². The standard InChI is InChI=1S/C31H37ClN4O5/c1-20(36-13-9-24(37)10-14-36)17-35-11-7-23(8-12-35)33-31(38)41-30-16-26-27(34-30)3-2-4-28(26)39-18-21-19-40-29-15-22(32)5-6-25(21)29/h2-6,15-16,19-20,23-24,34,37H,7-14,17-18H2,1H3,(H,33,38)/t20-/m0/s1. The Morgan fingerprint density at radius 1 is 1.12 bits per heavy atom. The van der Waals surface area contributed by atoms with Crippen LogP contribution < -0.4 is 14.8 Å². The van der Waals surface area contributed by atoms with E-state index in [0.29, 0.717) is 29.3 Å². The van der Waals surface area contributed by atoms with E-state index in [9.17, 15) is 9.90 Å². The zero-order valence-corrected chi connectivity index (χ0v) is 24.0. The van der Waals surface area contributed by atoms with Gasteiger partial charge < -0.3 is 34.2 Å². The third-order valence-electron chi connectivity index (χ3n) is 8.36. The summed E-state index contributed by atoms with van der Waals surface area (Å²) in [7, 11) is 0. The van der Waals surface area contributed by atoms with Gasteiger partial charge >= 0.3 is 6.09 Å². The Morgan fingerprint density at radius 3 is 2.73 bits per heavy atom. The first-order valence-electron chi connectivity index (χ1n) is 14.4. The molecule has 0 unspecified atom stereocenters. The summed E-state index contributed by atoms with van der Waals surface area (Å²) >= 11 is 6.06. The molecule has 1 amide bonds. The van der Waals surface area contributed by atoms with E-state index in [1.165, 1.54) is 0 Å². The lowest BCUT2D eigenvalue weighted by molar-refractivity contribution is 0.0501. The van der Waals surface area contributed by atoms with E-state index in [2.05, 4.69) is 27.0 Å². The van der Waals surface area contributed by atoms with E-state index < -0.39 is 6.09 Å². The fourth-order valence-corrected chi connectivity index (χ4v) is 6.14. The van der Waals surface area contributed by atoms with Gasteiger partial charge in [0.15, 0.2) is 0 Å². The minimum atomic E-state index is -0.457. The lowest BCUT2D eigenvalue weighted by Gasteiger charge is -2.39. The molecule has 0 bridgehead atoms. The first-order chi connectivity index (χ1) is 19.9. The molecular weight excluding hydrogens is 544 g/mol. The number of piperidine rings is 2. The smallest absolute Gasteiger partial charge is 0.414 e. The van der Waals surface area contributed by atoms with Crippen LogP contribution >= 0.6 is 11.6 Å². The zero-order chi connectivity index (χ0) is 28.3. The van der Waals surface area contributed by atoms with Crippen molar-refractivity contribution in [2.75, 3.05) is 32.7 Å². The number of rotatable bonds is 8. The van der Waals surface area contributed by atoms with Gasteiger partial charge in [-0.15, -0.1) is 0 Å². The highest BCUT2D eigenvalue weighted by atomic mass is 35.5. The molecule has 2 aromatic heterocycles. The number of nitrogens with zero attached hydrogens (tertiary/aromatic N) is 2. The lowest BCUT2D eigenvalue weighted by Crippen LogP contribution is -2.50. The van der Waals surface area contributed by atoms with E-state index in [0.717, 1.165) is 85.8 Å². The monoisotopic (exact) mass is 580 g/mol. The third-order valence-corrected chi connectivity index (χ3v) is 8.59. The van der Waals surface area contributed by atoms with Crippen molar-refractivity contribution in [1.29, 1.82) is 0 Å². The van der Waals surface area contributed by atoms with Gasteiger partial charge in [0.25, 0.3) is 0 Å². The van der Waals surface area contributed by atoms with Gasteiger partial charge in [-0.2, -0.15) is 0 Å². The number of hydrogen-bond acceptors (Lipinski definition) is 7. The van der Waals surface area contributed by atoms with E-state index in [-0.39, 0.29) is 12.1 Å². The van der Waals surface area contributed by atoms with Crippen molar-refractivity contribution in [3.05, 3.63) is 59.3 Å². The Hall–Kier alpha value is -3.24.